The summed E-state index contributed by atoms with van der Waals surface area (Å²) in [6.45, 7) is -0.726. The highest BCUT2D eigenvalue weighted by atomic mass is 16.9. The standard InChI is InChI=1S/C9H7NO6/c11-8(5-16-10(14)15)6-2-1-3-7(4-6)9(12)13/h1-4H,5H2,(H,12,13). The zero-order valence-corrected chi connectivity index (χ0v) is 7.95. The summed E-state index contributed by atoms with van der Waals surface area (Å²) in [6, 6.07) is 5.18. The van der Waals surface area contributed by atoms with Gasteiger partial charge in [0.15, 0.2) is 12.4 Å². The van der Waals surface area contributed by atoms with Crippen LogP contribution in [0.1, 0.15) is 20.7 Å². The van der Waals surface area contributed by atoms with Gasteiger partial charge in [-0.25, -0.2) is 4.79 Å². The number of benzene rings is 1. The van der Waals surface area contributed by atoms with Crippen LogP contribution in [-0.4, -0.2) is 28.6 Å². The average Bonchev–Trinajstić information content (AvgIpc) is 2.26. The Bertz CT molecular complexity index is 441. The quantitative estimate of drug-likeness (QED) is 0.450. The summed E-state index contributed by atoms with van der Waals surface area (Å²) in [4.78, 5) is 35.6. The van der Waals surface area contributed by atoms with Gasteiger partial charge >= 0.3 is 5.97 Å². The van der Waals surface area contributed by atoms with Crippen LogP contribution in [0.25, 0.3) is 0 Å². The van der Waals surface area contributed by atoms with E-state index in [0.29, 0.717) is 0 Å². The first-order valence-electron chi connectivity index (χ1n) is 4.14. The number of hydrogen-bond donors (Lipinski definition) is 1. The molecule has 0 saturated heterocycles. The van der Waals surface area contributed by atoms with Crippen molar-refractivity contribution in [3.05, 3.63) is 45.5 Å². The smallest absolute Gasteiger partial charge is 0.335 e. The zero-order valence-electron chi connectivity index (χ0n) is 7.95. The van der Waals surface area contributed by atoms with Crippen molar-refractivity contribution >= 4 is 11.8 Å². The van der Waals surface area contributed by atoms with Crippen molar-refractivity contribution in [2.45, 2.75) is 0 Å². The minimum atomic E-state index is -1.18. The van der Waals surface area contributed by atoms with Crippen molar-refractivity contribution < 1.29 is 24.6 Å². The third-order valence-corrected chi connectivity index (χ3v) is 1.73. The maximum atomic E-state index is 11.3. The molecule has 0 aliphatic heterocycles. The minimum Gasteiger partial charge on any atom is -0.478 e. The van der Waals surface area contributed by atoms with Crippen LogP contribution in [-0.2, 0) is 4.84 Å². The molecule has 0 unspecified atom stereocenters. The fraction of sp³-hybridized carbons (Fsp3) is 0.111. The summed E-state index contributed by atoms with van der Waals surface area (Å²) in [5.41, 5.74) is -0.00583. The highest BCUT2D eigenvalue weighted by Crippen LogP contribution is 2.06. The van der Waals surface area contributed by atoms with Crippen molar-refractivity contribution in [3.63, 3.8) is 0 Å². The molecule has 7 heteroatoms. The second kappa shape index (κ2) is 4.87. The average molecular weight is 225 g/mol. The number of rotatable bonds is 5. The monoisotopic (exact) mass is 225 g/mol. The first-order valence-corrected chi connectivity index (χ1v) is 4.14. The molecule has 84 valence electrons. The number of nitrogens with zero attached hydrogens (tertiary/aromatic N) is 1. The zero-order chi connectivity index (χ0) is 12.1. The molecule has 0 amide bonds. The van der Waals surface area contributed by atoms with Gasteiger partial charge < -0.3 is 9.94 Å². The molecular weight excluding hydrogens is 218 g/mol. The van der Waals surface area contributed by atoms with Crippen molar-refractivity contribution in [1.82, 2.24) is 0 Å². The van der Waals surface area contributed by atoms with Crippen LogP contribution in [0.15, 0.2) is 24.3 Å². The van der Waals surface area contributed by atoms with Gasteiger partial charge in [0.1, 0.15) is 0 Å². The highest BCUT2D eigenvalue weighted by Gasteiger charge is 2.10. The first kappa shape index (κ1) is 11.6. The van der Waals surface area contributed by atoms with Crippen LogP contribution < -0.4 is 0 Å². The predicted molar refractivity (Wildman–Crippen MR) is 50.7 cm³/mol. The molecule has 0 bridgehead atoms. The van der Waals surface area contributed by atoms with Crippen molar-refractivity contribution in [2.24, 2.45) is 0 Å². The molecule has 1 aromatic carbocycles. The number of carbonyl (C=O) groups excluding carboxylic acids is 1. The Kier molecular flexibility index (Phi) is 3.54. The van der Waals surface area contributed by atoms with E-state index < -0.39 is 23.4 Å². The Morgan fingerprint density at radius 1 is 1.38 bits per heavy atom. The molecule has 0 aliphatic rings. The lowest BCUT2D eigenvalue weighted by atomic mass is 10.1. The predicted octanol–water partition coefficient (Wildman–Crippen LogP) is 0.776. The molecule has 0 spiro atoms. The largest absolute Gasteiger partial charge is 0.478 e. The van der Waals surface area contributed by atoms with Crippen LogP contribution in [0, 0.1) is 10.1 Å². The molecule has 1 rings (SSSR count). The Hall–Kier alpha value is -2.44. The Labute approximate surface area is 89.4 Å². The van der Waals surface area contributed by atoms with Gasteiger partial charge in [-0.3, -0.25) is 4.79 Å². The van der Waals surface area contributed by atoms with E-state index in [1.165, 1.54) is 18.2 Å². The number of hydrogen-bond acceptors (Lipinski definition) is 5. The lowest BCUT2D eigenvalue weighted by Gasteiger charge is -2.00. The fourth-order valence-electron chi connectivity index (χ4n) is 1.02. The summed E-state index contributed by atoms with van der Waals surface area (Å²) in [5, 5.41) is 17.4. The van der Waals surface area contributed by atoms with Gasteiger partial charge in [-0.2, -0.15) is 0 Å². The second-order valence-electron chi connectivity index (χ2n) is 2.81. The number of aromatic carboxylic acids is 1. The van der Waals surface area contributed by atoms with Crippen LogP contribution >= 0.6 is 0 Å². The van der Waals surface area contributed by atoms with Gasteiger partial charge in [-0.05, 0) is 12.1 Å². The normalized spacial score (nSPS) is 9.50. The Morgan fingerprint density at radius 3 is 2.56 bits per heavy atom. The van der Waals surface area contributed by atoms with Crippen LogP contribution in [0.4, 0.5) is 0 Å². The maximum absolute atomic E-state index is 11.3. The number of carboxylic acid groups (broad SMARTS) is 1. The molecule has 16 heavy (non-hydrogen) atoms. The lowest BCUT2D eigenvalue weighted by Crippen LogP contribution is -2.13. The van der Waals surface area contributed by atoms with E-state index in [-0.39, 0.29) is 11.1 Å². The molecule has 7 nitrogen and oxygen atoms in total. The molecule has 0 aromatic heterocycles. The molecule has 1 N–H and O–H groups in total. The van der Waals surface area contributed by atoms with Crippen molar-refractivity contribution in [1.29, 1.82) is 0 Å². The van der Waals surface area contributed by atoms with Gasteiger partial charge in [-0.1, -0.05) is 12.1 Å². The van der Waals surface area contributed by atoms with E-state index in [4.69, 9.17) is 5.11 Å². The van der Waals surface area contributed by atoms with Crippen molar-refractivity contribution in [2.75, 3.05) is 6.61 Å². The molecule has 0 atom stereocenters. The molecular formula is C9H7NO6. The summed E-state index contributed by atoms with van der Waals surface area (Å²) in [6.07, 6.45) is 0. The molecule has 1 aromatic rings. The van der Waals surface area contributed by atoms with E-state index in [9.17, 15) is 19.7 Å². The van der Waals surface area contributed by atoms with Gasteiger partial charge in [-0.15, -0.1) is 10.1 Å². The number of ketones is 1. The first-order chi connectivity index (χ1) is 7.50. The van der Waals surface area contributed by atoms with Crippen LogP contribution in [0.5, 0.6) is 0 Å². The molecule has 0 aliphatic carbocycles. The van der Waals surface area contributed by atoms with Gasteiger partial charge in [0.05, 0.1) is 5.56 Å². The topological polar surface area (TPSA) is 107 Å². The summed E-state index contributed by atoms with van der Waals surface area (Å²) >= 11 is 0. The SMILES string of the molecule is O=C(O)c1cccc(C(=O)CO[N+](=O)[O-])c1. The van der Waals surface area contributed by atoms with Crippen molar-refractivity contribution in [3.8, 4) is 0 Å². The van der Waals surface area contributed by atoms with Gasteiger partial charge in [0.2, 0.25) is 0 Å². The minimum absolute atomic E-state index is 0.0572. The third kappa shape index (κ3) is 3.05. The highest BCUT2D eigenvalue weighted by molar-refractivity contribution is 5.99. The Morgan fingerprint density at radius 2 is 2.00 bits per heavy atom. The number of carbonyl (C=O) groups is 2. The summed E-state index contributed by atoms with van der Waals surface area (Å²) in [5.74, 6) is -1.83. The summed E-state index contributed by atoms with van der Waals surface area (Å²) in [7, 11) is 0. The molecule has 0 saturated carbocycles. The molecule has 0 heterocycles. The van der Waals surface area contributed by atoms with Crippen LogP contribution in [0.2, 0.25) is 0 Å². The Balaban J connectivity index is 2.79. The van der Waals surface area contributed by atoms with Gasteiger partial charge in [0.25, 0.3) is 5.09 Å². The van der Waals surface area contributed by atoms with E-state index in [0.717, 1.165) is 6.07 Å². The van der Waals surface area contributed by atoms with E-state index in [1.54, 1.807) is 0 Å². The third-order valence-electron chi connectivity index (χ3n) is 1.73. The van der Waals surface area contributed by atoms with Gasteiger partial charge in [0, 0.05) is 5.56 Å². The van der Waals surface area contributed by atoms with E-state index in [2.05, 4.69) is 4.84 Å². The van der Waals surface area contributed by atoms with Crippen LogP contribution in [0.3, 0.4) is 0 Å². The fourth-order valence-corrected chi connectivity index (χ4v) is 1.02. The summed E-state index contributed by atoms with van der Waals surface area (Å²) < 4.78 is 0. The van der Waals surface area contributed by atoms with E-state index in [1.807, 2.05) is 0 Å². The molecule has 0 fully saturated rings. The lowest BCUT2D eigenvalue weighted by molar-refractivity contribution is -0.754. The molecule has 0 radical (unpaired) electrons. The maximum Gasteiger partial charge on any atom is 0.335 e. The second-order valence-corrected chi connectivity index (χ2v) is 2.81. The van der Waals surface area contributed by atoms with E-state index >= 15 is 0 Å². The number of Topliss-reactive ketones (excluding diaryl/α,β-unsaturated/α-hetero) is 1. The number of carboxylic acids is 1.